The third-order valence-electron chi connectivity index (χ3n) is 4.86. The minimum Gasteiger partial charge on any atom is -0.361 e. The predicted octanol–water partition coefficient (Wildman–Crippen LogP) is 5.13. The molecule has 6 nitrogen and oxygen atoms in total. The molecule has 0 unspecified atom stereocenters. The number of fused-ring (bicyclic) bond motifs is 2. The molecule has 0 saturated carbocycles. The Morgan fingerprint density at radius 1 is 1.03 bits per heavy atom. The lowest BCUT2D eigenvalue weighted by Crippen LogP contribution is -2.17. The summed E-state index contributed by atoms with van der Waals surface area (Å²) >= 11 is 6.26. The topological polar surface area (TPSA) is 85.9 Å². The molecule has 0 radical (unpaired) electrons. The lowest BCUT2D eigenvalue weighted by molar-refractivity contribution is 0.0955. The first kappa shape index (κ1) is 18.1. The second-order valence-corrected chi connectivity index (χ2v) is 7.19. The lowest BCUT2D eigenvalue weighted by Gasteiger charge is -1.99. The highest BCUT2D eigenvalue weighted by Crippen LogP contribution is 2.27. The molecule has 0 atom stereocenters. The van der Waals surface area contributed by atoms with E-state index in [2.05, 4.69) is 25.5 Å². The average Bonchev–Trinajstić information content (AvgIpc) is 3.37. The zero-order valence-electron chi connectivity index (χ0n) is 15.7. The maximum Gasteiger partial charge on any atom is 0.271 e. The zero-order valence-corrected chi connectivity index (χ0v) is 16.4. The van der Waals surface area contributed by atoms with Crippen molar-refractivity contribution >= 4 is 45.7 Å². The Labute approximate surface area is 176 Å². The first-order chi connectivity index (χ1) is 14.7. The van der Waals surface area contributed by atoms with E-state index in [0.29, 0.717) is 16.4 Å². The number of aromatic amines is 2. The summed E-state index contributed by atoms with van der Waals surface area (Å²) in [5.74, 6) is 0.354. The van der Waals surface area contributed by atoms with Gasteiger partial charge in [0.2, 0.25) is 0 Å². The van der Waals surface area contributed by atoms with E-state index in [1.165, 1.54) is 0 Å². The molecule has 0 saturated heterocycles. The van der Waals surface area contributed by atoms with Gasteiger partial charge in [-0.1, -0.05) is 41.9 Å². The number of carbonyl (C=O) groups excluding carboxylic acids is 1. The molecule has 2 aromatic heterocycles. The quantitative estimate of drug-likeness (QED) is 0.282. The number of hydrazone groups is 1. The van der Waals surface area contributed by atoms with E-state index in [1.54, 1.807) is 24.4 Å². The third-order valence-corrected chi connectivity index (χ3v) is 5.19. The largest absolute Gasteiger partial charge is 0.361 e. The summed E-state index contributed by atoms with van der Waals surface area (Å²) in [6.45, 7) is 0. The molecule has 5 aromatic rings. The summed E-state index contributed by atoms with van der Waals surface area (Å²) in [7, 11) is 0. The molecule has 0 aliphatic rings. The van der Waals surface area contributed by atoms with Crippen LogP contribution in [-0.2, 0) is 0 Å². The van der Waals surface area contributed by atoms with Crippen LogP contribution in [0.4, 0.5) is 0 Å². The standard InChI is InChI=1S/C23H16ClN5O/c24-18-7-3-1-6-17(18)22-27-20-10-9-14(11-21(20)28-22)23(30)29-26-13-15-12-25-19-8-4-2-5-16(15)19/h1-13,25H,(H,27,28)(H,29,30)/b26-13+. The number of para-hydroxylation sites is 1. The number of nitrogens with one attached hydrogen (secondary N) is 3. The Hall–Kier alpha value is -3.90. The number of hydrogen-bond donors (Lipinski definition) is 3. The summed E-state index contributed by atoms with van der Waals surface area (Å²) in [6.07, 6.45) is 3.48. The minimum absolute atomic E-state index is 0.304. The highest BCUT2D eigenvalue weighted by Gasteiger charge is 2.11. The van der Waals surface area contributed by atoms with Crippen molar-refractivity contribution < 1.29 is 4.79 Å². The van der Waals surface area contributed by atoms with Gasteiger partial charge in [-0.25, -0.2) is 10.4 Å². The van der Waals surface area contributed by atoms with E-state index in [1.807, 2.05) is 54.7 Å². The highest BCUT2D eigenvalue weighted by atomic mass is 35.5. The summed E-state index contributed by atoms with van der Waals surface area (Å²) in [5, 5.41) is 5.75. The van der Waals surface area contributed by atoms with Gasteiger partial charge in [0, 0.05) is 33.8 Å². The van der Waals surface area contributed by atoms with Crippen LogP contribution in [0, 0.1) is 0 Å². The van der Waals surface area contributed by atoms with Crippen LogP contribution in [0.1, 0.15) is 15.9 Å². The molecule has 0 aliphatic heterocycles. The van der Waals surface area contributed by atoms with Crippen LogP contribution in [0.15, 0.2) is 78.0 Å². The van der Waals surface area contributed by atoms with E-state index >= 15 is 0 Å². The molecule has 3 N–H and O–H groups in total. The van der Waals surface area contributed by atoms with Crippen LogP contribution < -0.4 is 5.43 Å². The summed E-state index contributed by atoms with van der Waals surface area (Å²) in [4.78, 5) is 23.5. The van der Waals surface area contributed by atoms with E-state index in [9.17, 15) is 4.79 Å². The van der Waals surface area contributed by atoms with Crippen molar-refractivity contribution in [1.82, 2.24) is 20.4 Å². The number of benzene rings is 3. The Morgan fingerprint density at radius 3 is 2.77 bits per heavy atom. The Morgan fingerprint density at radius 2 is 1.87 bits per heavy atom. The Balaban J connectivity index is 1.36. The maximum absolute atomic E-state index is 12.5. The first-order valence-corrected chi connectivity index (χ1v) is 9.71. The molecular formula is C23H16ClN5O. The maximum atomic E-state index is 12.5. The van der Waals surface area contributed by atoms with E-state index in [0.717, 1.165) is 33.1 Å². The summed E-state index contributed by atoms with van der Waals surface area (Å²) in [6, 6.07) is 20.7. The molecule has 0 spiro atoms. The Kier molecular flexibility index (Phi) is 4.53. The normalized spacial score (nSPS) is 11.5. The van der Waals surface area contributed by atoms with Gasteiger partial charge in [-0.05, 0) is 36.4 Å². The average molecular weight is 414 g/mol. The van der Waals surface area contributed by atoms with Crippen molar-refractivity contribution in [2.45, 2.75) is 0 Å². The number of aromatic nitrogens is 3. The number of halogens is 1. The summed E-state index contributed by atoms with van der Waals surface area (Å²) in [5.41, 5.74) is 7.29. The van der Waals surface area contributed by atoms with Crippen LogP contribution in [0.2, 0.25) is 5.02 Å². The molecule has 3 aromatic carbocycles. The van der Waals surface area contributed by atoms with Crippen LogP contribution >= 0.6 is 11.6 Å². The molecule has 1 amide bonds. The van der Waals surface area contributed by atoms with Gasteiger partial charge in [0.25, 0.3) is 5.91 Å². The second-order valence-electron chi connectivity index (χ2n) is 6.79. The van der Waals surface area contributed by atoms with Gasteiger partial charge in [0.15, 0.2) is 0 Å². The summed E-state index contributed by atoms with van der Waals surface area (Å²) < 4.78 is 0. The number of rotatable bonds is 4. The van der Waals surface area contributed by atoms with Gasteiger partial charge in [0.05, 0.1) is 22.3 Å². The molecular weight excluding hydrogens is 398 g/mol. The van der Waals surface area contributed by atoms with E-state index < -0.39 is 0 Å². The number of amides is 1. The van der Waals surface area contributed by atoms with Gasteiger partial charge in [0.1, 0.15) is 5.82 Å². The van der Waals surface area contributed by atoms with Gasteiger partial charge >= 0.3 is 0 Å². The van der Waals surface area contributed by atoms with Crippen LogP contribution in [0.3, 0.4) is 0 Å². The smallest absolute Gasteiger partial charge is 0.271 e. The van der Waals surface area contributed by atoms with Crippen molar-refractivity contribution in [1.29, 1.82) is 0 Å². The fraction of sp³-hybridized carbons (Fsp3) is 0. The SMILES string of the molecule is O=C(N/N=C/c1c[nH]c2ccccc12)c1ccc2nc(-c3ccccc3Cl)[nH]c2c1. The van der Waals surface area contributed by atoms with Gasteiger partial charge in [-0.2, -0.15) is 5.10 Å². The van der Waals surface area contributed by atoms with Crippen molar-refractivity contribution in [2.75, 3.05) is 0 Å². The number of H-pyrrole nitrogens is 2. The molecule has 5 rings (SSSR count). The monoisotopic (exact) mass is 413 g/mol. The van der Waals surface area contributed by atoms with Crippen molar-refractivity contribution in [3.05, 3.63) is 89.1 Å². The fourth-order valence-electron chi connectivity index (χ4n) is 3.36. The highest BCUT2D eigenvalue weighted by molar-refractivity contribution is 6.33. The second kappa shape index (κ2) is 7.50. The zero-order chi connectivity index (χ0) is 20.5. The lowest BCUT2D eigenvalue weighted by atomic mass is 10.2. The molecule has 0 aliphatic carbocycles. The van der Waals surface area contributed by atoms with Crippen LogP contribution in [0.25, 0.3) is 33.3 Å². The number of imidazole rings is 1. The Bertz CT molecular complexity index is 1420. The van der Waals surface area contributed by atoms with Crippen molar-refractivity contribution in [2.24, 2.45) is 5.10 Å². The number of hydrogen-bond acceptors (Lipinski definition) is 3. The van der Waals surface area contributed by atoms with E-state index in [4.69, 9.17) is 11.6 Å². The van der Waals surface area contributed by atoms with Crippen LogP contribution in [-0.4, -0.2) is 27.1 Å². The van der Waals surface area contributed by atoms with Gasteiger partial charge < -0.3 is 9.97 Å². The van der Waals surface area contributed by atoms with Crippen molar-refractivity contribution in [3.8, 4) is 11.4 Å². The molecule has 0 fully saturated rings. The van der Waals surface area contributed by atoms with Gasteiger partial charge in [-0.3, -0.25) is 4.79 Å². The number of nitrogens with zero attached hydrogens (tertiary/aromatic N) is 2. The molecule has 2 heterocycles. The van der Waals surface area contributed by atoms with Crippen LogP contribution in [0.5, 0.6) is 0 Å². The fourth-order valence-corrected chi connectivity index (χ4v) is 3.58. The van der Waals surface area contributed by atoms with E-state index in [-0.39, 0.29) is 5.91 Å². The van der Waals surface area contributed by atoms with Crippen molar-refractivity contribution in [3.63, 3.8) is 0 Å². The molecule has 7 heteroatoms. The predicted molar refractivity (Wildman–Crippen MR) is 120 cm³/mol. The third kappa shape index (κ3) is 3.33. The number of carbonyl (C=O) groups is 1. The molecule has 146 valence electrons. The first-order valence-electron chi connectivity index (χ1n) is 9.33. The molecule has 30 heavy (non-hydrogen) atoms. The minimum atomic E-state index is -0.304. The van der Waals surface area contributed by atoms with Gasteiger partial charge in [-0.15, -0.1) is 0 Å². The molecule has 0 bridgehead atoms.